The van der Waals surface area contributed by atoms with Crippen molar-refractivity contribution in [2.75, 3.05) is 19.4 Å². The van der Waals surface area contributed by atoms with Gasteiger partial charge in [0.05, 0.1) is 6.61 Å². The third-order valence-electron chi connectivity index (χ3n) is 1.78. The Morgan fingerprint density at radius 3 is 2.93 bits per heavy atom. The van der Waals surface area contributed by atoms with Gasteiger partial charge in [-0.25, -0.2) is 0 Å². The molecule has 0 amide bonds. The second kappa shape index (κ2) is 6.30. The highest BCUT2D eigenvalue weighted by Gasteiger charge is 2.05. The van der Waals surface area contributed by atoms with Crippen LogP contribution in [0, 0.1) is 0 Å². The summed E-state index contributed by atoms with van der Waals surface area (Å²) in [4.78, 5) is 1.14. The molecule has 14 heavy (non-hydrogen) atoms. The van der Waals surface area contributed by atoms with Crippen molar-refractivity contribution in [1.29, 1.82) is 0 Å². The standard InChI is InChI=1S/C10H14ClNOS/c1-12-7-8-9(11)3-2-4-10(8)14-6-5-13/h2-4,12-13H,5-7H2,1H3. The van der Waals surface area contributed by atoms with Gasteiger partial charge in [0.2, 0.25) is 0 Å². The van der Waals surface area contributed by atoms with E-state index in [4.69, 9.17) is 16.7 Å². The number of benzene rings is 1. The van der Waals surface area contributed by atoms with Crippen LogP contribution in [0.1, 0.15) is 5.56 Å². The van der Waals surface area contributed by atoms with E-state index in [1.165, 1.54) is 0 Å². The molecule has 2 N–H and O–H groups in total. The number of hydrogen-bond donors (Lipinski definition) is 2. The summed E-state index contributed by atoms with van der Waals surface area (Å²) in [5.41, 5.74) is 1.11. The third-order valence-corrected chi connectivity index (χ3v) is 3.21. The van der Waals surface area contributed by atoms with Crippen LogP contribution in [0.2, 0.25) is 5.02 Å². The lowest BCUT2D eigenvalue weighted by Crippen LogP contribution is -2.07. The summed E-state index contributed by atoms with van der Waals surface area (Å²) in [5.74, 6) is 0.705. The van der Waals surface area contributed by atoms with Gasteiger partial charge in [-0.05, 0) is 24.7 Å². The number of halogens is 1. The minimum absolute atomic E-state index is 0.191. The highest BCUT2D eigenvalue weighted by atomic mass is 35.5. The van der Waals surface area contributed by atoms with Crippen molar-refractivity contribution in [2.24, 2.45) is 0 Å². The van der Waals surface area contributed by atoms with Crippen molar-refractivity contribution >= 4 is 23.4 Å². The number of aliphatic hydroxyl groups excluding tert-OH is 1. The third kappa shape index (κ3) is 3.17. The fourth-order valence-electron chi connectivity index (χ4n) is 1.18. The number of rotatable bonds is 5. The molecular formula is C10H14ClNOS. The summed E-state index contributed by atoms with van der Waals surface area (Å²) in [6, 6.07) is 5.84. The summed E-state index contributed by atoms with van der Waals surface area (Å²) in [6.45, 7) is 0.948. The topological polar surface area (TPSA) is 32.3 Å². The first-order valence-electron chi connectivity index (χ1n) is 4.45. The van der Waals surface area contributed by atoms with Gasteiger partial charge < -0.3 is 10.4 Å². The van der Waals surface area contributed by atoms with Crippen molar-refractivity contribution < 1.29 is 5.11 Å². The zero-order valence-corrected chi connectivity index (χ0v) is 9.66. The molecular weight excluding hydrogens is 218 g/mol. The summed E-state index contributed by atoms with van der Waals surface area (Å²) >= 11 is 7.70. The molecule has 0 radical (unpaired) electrons. The number of hydrogen-bond acceptors (Lipinski definition) is 3. The van der Waals surface area contributed by atoms with Gasteiger partial charge in [0.15, 0.2) is 0 Å². The molecule has 0 heterocycles. The molecule has 0 aliphatic rings. The van der Waals surface area contributed by atoms with Crippen molar-refractivity contribution in [3.05, 3.63) is 28.8 Å². The first-order chi connectivity index (χ1) is 6.79. The molecule has 0 unspecified atom stereocenters. The SMILES string of the molecule is CNCc1c(Cl)cccc1SCCO. The molecule has 0 aliphatic carbocycles. The Morgan fingerprint density at radius 2 is 2.29 bits per heavy atom. The minimum Gasteiger partial charge on any atom is -0.396 e. The molecule has 78 valence electrons. The monoisotopic (exact) mass is 231 g/mol. The summed E-state index contributed by atoms with van der Waals surface area (Å²) < 4.78 is 0. The van der Waals surface area contributed by atoms with Crippen LogP contribution in [0.4, 0.5) is 0 Å². The maximum atomic E-state index is 8.75. The molecule has 1 aromatic rings. The van der Waals surface area contributed by atoms with E-state index >= 15 is 0 Å². The van der Waals surface area contributed by atoms with Crippen LogP contribution in [0.5, 0.6) is 0 Å². The first-order valence-corrected chi connectivity index (χ1v) is 5.81. The Bertz CT molecular complexity index is 293. The van der Waals surface area contributed by atoms with Crippen LogP contribution in [-0.2, 0) is 6.54 Å². The van der Waals surface area contributed by atoms with Crippen LogP contribution in [0.3, 0.4) is 0 Å². The maximum Gasteiger partial charge on any atom is 0.0525 e. The summed E-state index contributed by atoms with van der Waals surface area (Å²) in [5, 5.41) is 12.6. The van der Waals surface area contributed by atoms with Crippen LogP contribution < -0.4 is 5.32 Å². The molecule has 0 saturated carbocycles. The van der Waals surface area contributed by atoms with Crippen molar-refractivity contribution in [3.8, 4) is 0 Å². The smallest absolute Gasteiger partial charge is 0.0525 e. The zero-order chi connectivity index (χ0) is 10.4. The van der Waals surface area contributed by atoms with E-state index in [1.54, 1.807) is 11.8 Å². The van der Waals surface area contributed by atoms with Gasteiger partial charge >= 0.3 is 0 Å². The van der Waals surface area contributed by atoms with Gasteiger partial charge in [0, 0.05) is 22.2 Å². The van der Waals surface area contributed by atoms with Crippen LogP contribution in [0.15, 0.2) is 23.1 Å². The lowest BCUT2D eigenvalue weighted by molar-refractivity contribution is 0.322. The Labute approximate surface area is 93.7 Å². The number of nitrogens with one attached hydrogen (secondary N) is 1. The molecule has 0 atom stereocenters. The van der Waals surface area contributed by atoms with E-state index in [9.17, 15) is 0 Å². The number of thioether (sulfide) groups is 1. The molecule has 4 heteroatoms. The summed E-state index contributed by atoms with van der Waals surface area (Å²) in [7, 11) is 1.89. The minimum atomic E-state index is 0.191. The van der Waals surface area contributed by atoms with Crippen LogP contribution in [-0.4, -0.2) is 24.5 Å². The molecule has 0 aromatic heterocycles. The van der Waals surface area contributed by atoms with E-state index in [1.807, 2.05) is 25.2 Å². The van der Waals surface area contributed by atoms with E-state index < -0.39 is 0 Å². The average molecular weight is 232 g/mol. The Kier molecular flexibility index (Phi) is 5.33. The molecule has 2 nitrogen and oxygen atoms in total. The molecule has 0 fully saturated rings. The zero-order valence-electron chi connectivity index (χ0n) is 8.09. The Hall–Kier alpha value is -0.220. The van der Waals surface area contributed by atoms with Crippen LogP contribution in [0.25, 0.3) is 0 Å². The molecule has 1 aromatic carbocycles. The van der Waals surface area contributed by atoms with Gasteiger partial charge in [-0.1, -0.05) is 17.7 Å². The number of aliphatic hydroxyl groups is 1. The average Bonchev–Trinajstić information content (AvgIpc) is 2.19. The van der Waals surface area contributed by atoms with Gasteiger partial charge in [0.25, 0.3) is 0 Å². The summed E-state index contributed by atoms with van der Waals surface area (Å²) in [6.07, 6.45) is 0. The molecule has 0 spiro atoms. The lowest BCUT2D eigenvalue weighted by Gasteiger charge is -2.09. The van der Waals surface area contributed by atoms with E-state index in [0.717, 1.165) is 22.0 Å². The van der Waals surface area contributed by atoms with E-state index in [-0.39, 0.29) is 6.61 Å². The highest BCUT2D eigenvalue weighted by molar-refractivity contribution is 7.99. The fourth-order valence-corrected chi connectivity index (χ4v) is 2.32. The predicted molar refractivity (Wildman–Crippen MR) is 62.0 cm³/mol. The second-order valence-electron chi connectivity index (χ2n) is 2.82. The van der Waals surface area contributed by atoms with Gasteiger partial charge in [0.1, 0.15) is 0 Å². The van der Waals surface area contributed by atoms with E-state index in [2.05, 4.69) is 5.32 Å². The van der Waals surface area contributed by atoms with Crippen LogP contribution >= 0.6 is 23.4 Å². The van der Waals surface area contributed by atoms with Crippen molar-refractivity contribution in [2.45, 2.75) is 11.4 Å². The molecule has 0 saturated heterocycles. The quantitative estimate of drug-likeness (QED) is 0.762. The van der Waals surface area contributed by atoms with Crippen molar-refractivity contribution in [1.82, 2.24) is 5.32 Å². The Balaban J connectivity index is 2.83. The van der Waals surface area contributed by atoms with Gasteiger partial charge in [-0.15, -0.1) is 11.8 Å². The first kappa shape index (κ1) is 11.9. The second-order valence-corrected chi connectivity index (χ2v) is 4.36. The fraction of sp³-hybridized carbons (Fsp3) is 0.400. The highest BCUT2D eigenvalue weighted by Crippen LogP contribution is 2.28. The van der Waals surface area contributed by atoms with Gasteiger partial charge in [-0.3, -0.25) is 0 Å². The molecule has 1 rings (SSSR count). The predicted octanol–water partition coefficient (Wildman–Crippen LogP) is 2.14. The Morgan fingerprint density at radius 1 is 1.50 bits per heavy atom. The molecule has 0 aliphatic heterocycles. The van der Waals surface area contributed by atoms with Gasteiger partial charge in [-0.2, -0.15) is 0 Å². The largest absolute Gasteiger partial charge is 0.396 e. The molecule has 0 bridgehead atoms. The normalized spacial score (nSPS) is 10.5. The van der Waals surface area contributed by atoms with Crippen molar-refractivity contribution in [3.63, 3.8) is 0 Å². The maximum absolute atomic E-state index is 8.75. The lowest BCUT2D eigenvalue weighted by atomic mass is 10.2. The van der Waals surface area contributed by atoms with E-state index in [0.29, 0.717) is 5.75 Å².